The molecular weight excluding hydrogens is 367 g/mol. The van der Waals surface area contributed by atoms with Crippen LogP contribution in [0.25, 0.3) is 11.1 Å². The molecule has 4 rings (SSSR count). The predicted molar refractivity (Wildman–Crippen MR) is 110 cm³/mol. The second kappa shape index (κ2) is 8.64. The van der Waals surface area contributed by atoms with Crippen molar-refractivity contribution >= 4 is 5.78 Å². The summed E-state index contributed by atoms with van der Waals surface area (Å²) in [4.78, 5) is 18.7. The van der Waals surface area contributed by atoms with Gasteiger partial charge in [0.2, 0.25) is 0 Å². The van der Waals surface area contributed by atoms with Crippen molar-refractivity contribution in [1.82, 2.24) is 9.88 Å². The third kappa shape index (κ3) is 4.58. The van der Waals surface area contributed by atoms with E-state index in [9.17, 15) is 9.18 Å². The van der Waals surface area contributed by atoms with E-state index in [0.717, 1.165) is 22.3 Å². The van der Waals surface area contributed by atoms with E-state index in [4.69, 9.17) is 4.74 Å². The lowest BCUT2D eigenvalue weighted by atomic mass is 9.95. The summed E-state index contributed by atoms with van der Waals surface area (Å²) in [6, 6.07) is 16.6. The minimum absolute atomic E-state index is 0.0517. The van der Waals surface area contributed by atoms with E-state index in [2.05, 4.69) is 41.1 Å². The van der Waals surface area contributed by atoms with Gasteiger partial charge >= 0.3 is 0 Å². The van der Waals surface area contributed by atoms with Crippen molar-refractivity contribution in [2.75, 3.05) is 19.8 Å². The van der Waals surface area contributed by atoms with E-state index in [1.165, 1.54) is 17.7 Å². The molecule has 1 aliphatic rings. The maximum absolute atomic E-state index is 13.8. The van der Waals surface area contributed by atoms with Crippen molar-refractivity contribution in [3.8, 4) is 11.1 Å². The van der Waals surface area contributed by atoms with Gasteiger partial charge in [0.05, 0.1) is 19.2 Å². The van der Waals surface area contributed by atoms with Gasteiger partial charge in [-0.05, 0) is 47.4 Å². The highest BCUT2D eigenvalue weighted by Gasteiger charge is 2.29. The molecule has 1 unspecified atom stereocenters. The van der Waals surface area contributed by atoms with E-state index < -0.39 is 0 Å². The first-order valence-electron chi connectivity index (χ1n) is 9.69. The number of carbonyl (C=O) groups is 1. The Morgan fingerprint density at radius 1 is 1.17 bits per heavy atom. The normalized spacial score (nSPS) is 17.9. The molecule has 0 N–H and O–H groups in total. The van der Waals surface area contributed by atoms with Crippen LogP contribution in [0.3, 0.4) is 0 Å². The zero-order valence-electron chi connectivity index (χ0n) is 16.3. The highest BCUT2D eigenvalue weighted by atomic mass is 19.1. The molecule has 3 aromatic rings. The summed E-state index contributed by atoms with van der Waals surface area (Å²) in [5.74, 6) is -0.232. The third-order valence-electron chi connectivity index (χ3n) is 5.21. The Hall–Kier alpha value is -2.89. The molecule has 1 aromatic heterocycles. The quantitative estimate of drug-likeness (QED) is 0.665. The number of ether oxygens (including phenoxy) is 1. The number of rotatable bonds is 4. The standard InChI is InChI=1S/C24H23FN2O2/c1-17-5-7-18(8-6-17)13-27-14-21(28)15-29-16-24(27)23-12-26-10-9-22(23)19-3-2-4-20(25)11-19/h2-12,24H,13-16H2,1H3. The maximum Gasteiger partial charge on any atom is 0.172 e. The highest BCUT2D eigenvalue weighted by molar-refractivity contribution is 5.82. The molecule has 1 saturated heterocycles. The Labute approximate surface area is 170 Å². The first kappa shape index (κ1) is 19.4. The maximum atomic E-state index is 13.8. The largest absolute Gasteiger partial charge is 0.372 e. The van der Waals surface area contributed by atoms with Crippen molar-refractivity contribution in [2.24, 2.45) is 0 Å². The van der Waals surface area contributed by atoms with Crippen molar-refractivity contribution in [2.45, 2.75) is 19.5 Å². The molecular formula is C24H23FN2O2. The Bertz CT molecular complexity index is 1000. The molecule has 0 amide bonds. The summed E-state index contributed by atoms with van der Waals surface area (Å²) in [5, 5.41) is 0. The fourth-order valence-corrected chi connectivity index (χ4v) is 3.74. The Balaban J connectivity index is 1.72. The first-order chi connectivity index (χ1) is 14.1. The molecule has 2 aromatic carbocycles. The second-order valence-electron chi connectivity index (χ2n) is 7.43. The lowest BCUT2D eigenvalue weighted by Gasteiger charge is -2.30. The van der Waals surface area contributed by atoms with E-state index in [0.29, 0.717) is 19.7 Å². The lowest BCUT2D eigenvalue weighted by molar-refractivity contribution is -0.122. The molecule has 148 valence electrons. The van der Waals surface area contributed by atoms with Gasteiger partial charge in [-0.15, -0.1) is 0 Å². The number of Topliss-reactive ketones (excluding diaryl/α,β-unsaturated/α-hetero) is 1. The highest BCUT2D eigenvalue weighted by Crippen LogP contribution is 2.33. The fourth-order valence-electron chi connectivity index (χ4n) is 3.74. The number of carbonyl (C=O) groups excluding carboxylic acids is 1. The number of hydrogen-bond donors (Lipinski definition) is 0. The first-order valence-corrected chi connectivity index (χ1v) is 9.69. The molecule has 1 fully saturated rings. The fraction of sp³-hybridized carbons (Fsp3) is 0.250. The van der Waals surface area contributed by atoms with E-state index >= 15 is 0 Å². The van der Waals surface area contributed by atoms with Crippen molar-refractivity contribution in [3.63, 3.8) is 0 Å². The SMILES string of the molecule is Cc1ccc(CN2CC(=O)COCC2c2cnccc2-c2cccc(F)c2)cc1. The molecule has 0 aliphatic carbocycles. The molecule has 0 spiro atoms. The number of ketones is 1. The van der Waals surface area contributed by atoms with Crippen LogP contribution in [-0.4, -0.2) is 35.4 Å². The van der Waals surface area contributed by atoms with Gasteiger partial charge in [-0.3, -0.25) is 14.7 Å². The minimum Gasteiger partial charge on any atom is -0.372 e. The van der Waals surface area contributed by atoms with Crippen LogP contribution in [0.2, 0.25) is 0 Å². The van der Waals surface area contributed by atoms with Crippen LogP contribution < -0.4 is 0 Å². The number of aryl methyl sites for hydroxylation is 1. The second-order valence-corrected chi connectivity index (χ2v) is 7.43. The van der Waals surface area contributed by atoms with Crippen LogP contribution in [0.1, 0.15) is 22.7 Å². The smallest absolute Gasteiger partial charge is 0.172 e. The van der Waals surface area contributed by atoms with E-state index in [-0.39, 0.29) is 24.2 Å². The summed E-state index contributed by atoms with van der Waals surface area (Å²) >= 11 is 0. The zero-order valence-corrected chi connectivity index (χ0v) is 16.3. The van der Waals surface area contributed by atoms with Crippen molar-refractivity contribution in [3.05, 3.63) is 89.5 Å². The van der Waals surface area contributed by atoms with Gasteiger partial charge in [-0.2, -0.15) is 0 Å². The van der Waals surface area contributed by atoms with E-state index in [1.807, 2.05) is 12.1 Å². The summed E-state index contributed by atoms with van der Waals surface area (Å²) in [7, 11) is 0. The molecule has 0 saturated carbocycles. The van der Waals surface area contributed by atoms with Crippen LogP contribution >= 0.6 is 0 Å². The monoisotopic (exact) mass is 390 g/mol. The third-order valence-corrected chi connectivity index (χ3v) is 5.21. The molecule has 0 bridgehead atoms. The van der Waals surface area contributed by atoms with Gasteiger partial charge in [0.25, 0.3) is 0 Å². The van der Waals surface area contributed by atoms with E-state index in [1.54, 1.807) is 18.5 Å². The summed E-state index contributed by atoms with van der Waals surface area (Å²) < 4.78 is 19.5. The molecule has 1 atom stereocenters. The minimum atomic E-state index is -0.283. The molecule has 5 heteroatoms. The Morgan fingerprint density at radius 2 is 2.00 bits per heavy atom. The van der Waals surface area contributed by atoms with Crippen LogP contribution in [-0.2, 0) is 16.1 Å². The lowest BCUT2D eigenvalue weighted by Crippen LogP contribution is -2.33. The summed E-state index contributed by atoms with van der Waals surface area (Å²) in [6.07, 6.45) is 3.50. The van der Waals surface area contributed by atoms with Gasteiger partial charge in [0.15, 0.2) is 5.78 Å². The van der Waals surface area contributed by atoms with Gasteiger partial charge in [-0.25, -0.2) is 4.39 Å². The molecule has 4 nitrogen and oxygen atoms in total. The van der Waals surface area contributed by atoms with Gasteiger partial charge < -0.3 is 4.74 Å². The molecule has 29 heavy (non-hydrogen) atoms. The number of halogens is 1. The van der Waals surface area contributed by atoms with Crippen LogP contribution in [0, 0.1) is 12.7 Å². The number of aromatic nitrogens is 1. The number of benzene rings is 2. The Kier molecular flexibility index (Phi) is 5.79. The van der Waals surface area contributed by atoms with Crippen molar-refractivity contribution in [1.29, 1.82) is 0 Å². The predicted octanol–water partition coefficient (Wildman–Crippen LogP) is 4.34. The number of hydrogen-bond acceptors (Lipinski definition) is 4. The van der Waals surface area contributed by atoms with Crippen LogP contribution in [0.5, 0.6) is 0 Å². The average Bonchev–Trinajstić information content (AvgIpc) is 2.90. The van der Waals surface area contributed by atoms with Gasteiger partial charge in [0.1, 0.15) is 12.4 Å². The van der Waals surface area contributed by atoms with Gasteiger partial charge in [-0.1, -0.05) is 42.0 Å². The molecule has 1 aliphatic heterocycles. The number of nitrogens with zero attached hydrogens (tertiary/aromatic N) is 2. The average molecular weight is 390 g/mol. The van der Waals surface area contributed by atoms with Crippen molar-refractivity contribution < 1.29 is 13.9 Å². The number of pyridine rings is 1. The van der Waals surface area contributed by atoms with Crippen LogP contribution in [0.4, 0.5) is 4.39 Å². The topological polar surface area (TPSA) is 42.4 Å². The molecule has 0 radical (unpaired) electrons. The van der Waals surface area contributed by atoms with Gasteiger partial charge in [0, 0.05) is 18.9 Å². The zero-order chi connectivity index (χ0) is 20.2. The molecule has 2 heterocycles. The summed E-state index contributed by atoms with van der Waals surface area (Å²) in [5.41, 5.74) is 4.94. The van der Waals surface area contributed by atoms with Crippen LogP contribution in [0.15, 0.2) is 67.0 Å². The summed E-state index contributed by atoms with van der Waals surface area (Å²) in [6.45, 7) is 3.46. The Morgan fingerprint density at radius 3 is 2.79 bits per heavy atom.